The summed E-state index contributed by atoms with van der Waals surface area (Å²) in [6.07, 6.45) is 2.22. The van der Waals surface area contributed by atoms with Crippen LogP contribution in [0, 0.1) is 11.3 Å². The zero-order valence-electron chi connectivity index (χ0n) is 14.0. The Kier molecular flexibility index (Phi) is 3.14. The fourth-order valence-corrected chi connectivity index (χ4v) is 4.86. The first-order valence-corrected chi connectivity index (χ1v) is 8.40. The summed E-state index contributed by atoms with van der Waals surface area (Å²) in [6.45, 7) is 3.75. The molecular weight excluding hydrogens is 296 g/mol. The van der Waals surface area contributed by atoms with E-state index in [-0.39, 0.29) is 17.5 Å². The van der Waals surface area contributed by atoms with Crippen LogP contribution in [0.5, 0.6) is 0 Å². The molecule has 0 unspecified atom stereocenters. The third kappa shape index (κ3) is 1.66. The van der Waals surface area contributed by atoms with Crippen LogP contribution in [0.15, 0.2) is 72.3 Å². The van der Waals surface area contributed by atoms with Crippen LogP contribution in [-0.2, 0) is 15.0 Å². The van der Waals surface area contributed by atoms with E-state index in [4.69, 9.17) is 0 Å². The summed E-state index contributed by atoms with van der Waals surface area (Å²) < 4.78 is 0. The molecule has 2 nitrogen and oxygen atoms in total. The topological polar surface area (TPSA) is 34.1 Å². The van der Waals surface area contributed by atoms with Gasteiger partial charge in [-0.2, -0.15) is 0 Å². The Morgan fingerprint density at radius 1 is 0.875 bits per heavy atom. The molecule has 0 bridgehead atoms. The van der Waals surface area contributed by atoms with Gasteiger partial charge in [-0.1, -0.05) is 67.6 Å². The molecule has 0 N–H and O–H groups in total. The van der Waals surface area contributed by atoms with Crippen LogP contribution in [0.4, 0.5) is 0 Å². The fraction of sp³-hybridized carbons (Fsp3) is 0.273. The van der Waals surface area contributed by atoms with Crippen LogP contribution in [0.2, 0.25) is 0 Å². The number of carbonyl (C=O) groups is 2. The summed E-state index contributed by atoms with van der Waals surface area (Å²) in [5, 5.41) is 0. The molecule has 2 aliphatic carbocycles. The van der Waals surface area contributed by atoms with Gasteiger partial charge in [-0.15, -0.1) is 0 Å². The third-order valence-corrected chi connectivity index (χ3v) is 6.16. The van der Waals surface area contributed by atoms with Gasteiger partial charge in [0.2, 0.25) is 0 Å². The van der Waals surface area contributed by atoms with Gasteiger partial charge in [0.15, 0.2) is 11.6 Å². The Morgan fingerprint density at radius 3 is 1.88 bits per heavy atom. The van der Waals surface area contributed by atoms with Gasteiger partial charge in [0.25, 0.3) is 0 Å². The van der Waals surface area contributed by atoms with Crippen LogP contribution < -0.4 is 0 Å². The highest BCUT2D eigenvalue weighted by Crippen LogP contribution is 2.67. The summed E-state index contributed by atoms with van der Waals surface area (Å²) in [4.78, 5) is 25.7. The number of carbonyl (C=O) groups excluding carboxylic acids is 2. The maximum Gasteiger partial charge on any atom is 0.166 e. The minimum atomic E-state index is -0.717. The van der Waals surface area contributed by atoms with Crippen molar-refractivity contribution in [3.8, 4) is 0 Å². The average molecular weight is 316 g/mol. The van der Waals surface area contributed by atoms with E-state index < -0.39 is 10.8 Å². The van der Waals surface area contributed by atoms with Gasteiger partial charge in [0, 0.05) is 11.3 Å². The molecule has 2 aromatic rings. The van der Waals surface area contributed by atoms with Crippen LogP contribution in [0.1, 0.15) is 31.4 Å². The molecule has 0 heterocycles. The molecule has 0 radical (unpaired) electrons. The largest absolute Gasteiger partial charge is 0.294 e. The van der Waals surface area contributed by atoms with E-state index in [1.165, 1.54) is 6.08 Å². The Balaban J connectivity index is 2.00. The predicted octanol–water partition coefficient (Wildman–Crippen LogP) is 4.10. The highest BCUT2D eigenvalue weighted by Gasteiger charge is 2.70. The monoisotopic (exact) mass is 316 g/mol. The molecule has 2 heteroatoms. The molecule has 2 atom stereocenters. The van der Waals surface area contributed by atoms with Crippen LogP contribution in [0.25, 0.3) is 0 Å². The van der Waals surface area contributed by atoms with Gasteiger partial charge < -0.3 is 0 Å². The van der Waals surface area contributed by atoms with E-state index in [0.717, 1.165) is 11.1 Å². The van der Waals surface area contributed by atoms with E-state index in [2.05, 4.69) is 24.3 Å². The van der Waals surface area contributed by atoms with Gasteiger partial charge in [0.1, 0.15) is 0 Å². The highest BCUT2D eigenvalue weighted by atomic mass is 16.1. The summed E-state index contributed by atoms with van der Waals surface area (Å²) in [5.74, 6) is -0.0303. The van der Waals surface area contributed by atoms with Crippen molar-refractivity contribution in [1.82, 2.24) is 0 Å². The number of Topliss-reactive ketones (excluding diaryl/α,β-unsaturated/α-hetero) is 1. The second-order valence-electron chi connectivity index (χ2n) is 7.16. The van der Waals surface area contributed by atoms with E-state index in [1.807, 2.05) is 43.3 Å². The van der Waals surface area contributed by atoms with Crippen LogP contribution in [-0.4, -0.2) is 11.6 Å². The lowest BCUT2D eigenvalue weighted by Gasteiger charge is -2.63. The second-order valence-corrected chi connectivity index (χ2v) is 7.16. The first kappa shape index (κ1) is 15.1. The number of hydrogen-bond acceptors (Lipinski definition) is 2. The molecule has 0 spiro atoms. The van der Waals surface area contributed by atoms with Crippen molar-refractivity contribution in [2.75, 3.05) is 0 Å². The standard InChI is InChI=1S/C22H20O2/c1-15-13-19(23)18-14-22(21(18,2)20(15)24,16-9-5-3-6-10-16)17-11-7-4-8-12-17/h3-13,18H,14H2,1-2H3/t18-,21-/m0/s1. The maximum atomic E-state index is 13.2. The molecule has 4 rings (SSSR count). The smallest absolute Gasteiger partial charge is 0.166 e. The average Bonchev–Trinajstić information content (AvgIpc) is 2.60. The van der Waals surface area contributed by atoms with Crippen molar-refractivity contribution in [1.29, 1.82) is 0 Å². The number of rotatable bonds is 2. The normalized spacial score (nSPS) is 27.9. The molecule has 0 amide bonds. The zero-order valence-corrected chi connectivity index (χ0v) is 14.0. The number of fused-ring (bicyclic) bond motifs is 1. The molecule has 0 aliphatic heterocycles. The van der Waals surface area contributed by atoms with E-state index in [9.17, 15) is 9.59 Å². The zero-order chi connectivity index (χ0) is 16.9. The summed E-state index contributed by atoms with van der Waals surface area (Å²) in [7, 11) is 0. The second kappa shape index (κ2) is 5.01. The Morgan fingerprint density at radius 2 is 1.38 bits per heavy atom. The van der Waals surface area contributed by atoms with Gasteiger partial charge in [-0.3, -0.25) is 9.59 Å². The van der Waals surface area contributed by atoms with Crippen molar-refractivity contribution >= 4 is 11.6 Å². The van der Waals surface area contributed by atoms with Crippen LogP contribution >= 0.6 is 0 Å². The molecular formula is C22H20O2. The van der Waals surface area contributed by atoms with Gasteiger partial charge >= 0.3 is 0 Å². The summed E-state index contributed by atoms with van der Waals surface area (Å²) >= 11 is 0. The minimum absolute atomic E-state index is 0.0945. The molecule has 24 heavy (non-hydrogen) atoms. The van der Waals surface area contributed by atoms with Crippen LogP contribution in [0.3, 0.4) is 0 Å². The Hall–Kier alpha value is -2.48. The maximum absolute atomic E-state index is 13.2. The number of ketones is 2. The molecule has 2 aromatic carbocycles. The van der Waals surface area contributed by atoms with E-state index in [1.54, 1.807) is 6.92 Å². The minimum Gasteiger partial charge on any atom is -0.294 e. The number of hydrogen-bond donors (Lipinski definition) is 0. The van der Waals surface area contributed by atoms with Crippen molar-refractivity contribution in [2.45, 2.75) is 25.7 Å². The predicted molar refractivity (Wildman–Crippen MR) is 93.6 cm³/mol. The summed E-state index contributed by atoms with van der Waals surface area (Å²) in [6, 6.07) is 20.3. The lowest BCUT2D eigenvalue weighted by atomic mass is 9.37. The van der Waals surface area contributed by atoms with Crippen molar-refractivity contribution in [2.24, 2.45) is 11.3 Å². The molecule has 1 saturated carbocycles. The van der Waals surface area contributed by atoms with Crippen molar-refractivity contribution in [3.05, 3.63) is 83.4 Å². The van der Waals surface area contributed by atoms with E-state index >= 15 is 0 Å². The van der Waals surface area contributed by atoms with Crippen molar-refractivity contribution < 1.29 is 9.59 Å². The fourth-order valence-electron chi connectivity index (χ4n) is 4.86. The van der Waals surface area contributed by atoms with E-state index in [0.29, 0.717) is 12.0 Å². The SMILES string of the molecule is CC1=CC(=O)[C@@H]2CC(c3ccccc3)(c3ccccc3)[C@]2(C)C1=O. The first-order chi connectivity index (χ1) is 11.5. The molecule has 0 saturated heterocycles. The number of benzene rings is 2. The Bertz CT molecular complexity index is 809. The molecule has 2 aliphatic rings. The Labute approximate surface area is 142 Å². The molecule has 0 aromatic heterocycles. The number of allylic oxidation sites excluding steroid dienone is 2. The first-order valence-electron chi connectivity index (χ1n) is 8.40. The highest BCUT2D eigenvalue weighted by molar-refractivity contribution is 6.15. The molecule has 120 valence electrons. The van der Waals surface area contributed by atoms with Gasteiger partial charge in [-0.05, 0) is 36.1 Å². The molecule has 1 fully saturated rings. The van der Waals surface area contributed by atoms with Crippen molar-refractivity contribution in [3.63, 3.8) is 0 Å². The lowest BCUT2D eigenvalue weighted by Crippen LogP contribution is -2.67. The van der Waals surface area contributed by atoms with Gasteiger partial charge in [0.05, 0.1) is 5.41 Å². The third-order valence-electron chi connectivity index (χ3n) is 6.16. The quantitative estimate of drug-likeness (QED) is 0.836. The lowest BCUT2D eigenvalue weighted by molar-refractivity contribution is -0.154. The summed E-state index contributed by atoms with van der Waals surface area (Å²) in [5.41, 5.74) is 1.65. The van der Waals surface area contributed by atoms with Gasteiger partial charge in [-0.25, -0.2) is 0 Å².